The molecule has 0 unspecified atom stereocenters. The van der Waals surface area contributed by atoms with Crippen LogP contribution in [0.3, 0.4) is 0 Å². The van der Waals surface area contributed by atoms with Gasteiger partial charge in [0.2, 0.25) is 0 Å². The minimum Gasteiger partial charge on any atom is -0.477 e. The molecule has 11 heavy (non-hydrogen) atoms. The summed E-state index contributed by atoms with van der Waals surface area (Å²) in [5.74, 6) is -1.23. The van der Waals surface area contributed by atoms with Crippen molar-refractivity contribution >= 4 is 18.3 Å². The zero-order chi connectivity index (χ0) is 8.69. The molecule has 0 fully saturated rings. The number of hydrogen-bond donors (Lipinski definition) is 2. The van der Waals surface area contributed by atoms with Crippen LogP contribution in [0, 0.1) is 0 Å². The molecule has 0 saturated carbocycles. The van der Waals surface area contributed by atoms with E-state index in [0.717, 1.165) is 0 Å². The molecule has 0 atom stereocenters. The molecule has 62 valence electrons. The molecule has 0 bridgehead atoms. The maximum atomic E-state index is 10.4. The summed E-state index contributed by atoms with van der Waals surface area (Å²) in [6.07, 6.45) is -0.221. The summed E-state index contributed by atoms with van der Waals surface area (Å²) in [5, 5.41) is 11.1. The molecule has 0 aliphatic rings. The standard InChI is InChI=1S/C5H8N2O4/c1-2-11-5(10)7-6-3-4(8)9/h3H,2H2,1H3,(H,7,10)(H,8,9)/b6-3-. The molecule has 0 aliphatic carbocycles. The average Bonchev–Trinajstić information content (AvgIpc) is 1.87. The third-order valence-electron chi connectivity index (χ3n) is 0.606. The van der Waals surface area contributed by atoms with Crippen LogP contribution in [0.5, 0.6) is 0 Å². The van der Waals surface area contributed by atoms with Crippen molar-refractivity contribution in [2.45, 2.75) is 6.92 Å². The molecule has 2 N–H and O–H groups in total. The van der Waals surface area contributed by atoms with Crippen molar-refractivity contribution < 1.29 is 19.4 Å². The second-order valence-corrected chi connectivity index (χ2v) is 1.43. The molecule has 0 aromatic heterocycles. The van der Waals surface area contributed by atoms with Gasteiger partial charge < -0.3 is 9.84 Å². The highest BCUT2D eigenvalue weighted by Crippen LogP contribution is 1.74. The van der Waals surface area contributed by atoms with Crippen LogP contribution in [0.2, 0.25) is 0 Å². The van der Waals surface area contributed by atoms with Gasteiger partial charge in [0.15, 0.2) is 0 Å². The summed E-state index contributed by atoms with van der Waals surface area (Å²) in [6, 6.07) is 0. The van der Waals surface area contributed by atoms with Crippen molar-refractivity contribution in [3.8, 4) is 0 Å². The van der Waals surface area contributed by atoms with Crippen LogP contribution in [0.1, 0.15) is 6.92 Å². The summed E-state index contributed by atoms with van der Waals surface area (Å²) >= 11 is 0. The second kappa shape index (κ2) is 5.21. The Kier molecular flexibility index (Phi) is 4.46. The molecule has 0 radical (unpaired) electrons. The van der Waals surface area contributed by atoms with Crippen LogP contribution >= 0.6 is 0 Å². The van der Waals surface area contributed by atoms with Gasteiger partial charge in [-0.1, -0.05) is 0 Å². The van der Waals surface area contributed by atoms with E-state index in [9.17, 15) is 9.59 Å². The van der Waals surface area contributed by atoms with Crippen LogP contribution in [0.4, 0.5) is 4.79 Å². The van der Waals surface area contributed by atoms with Gasteiger partial charge in [-0.2, -0.15) is 5.10 Å². The Balaban J connectivity index is 3.53. The Labute approximate surface area is 62.8 Å². The first-order valence-corrected chi connectivity index (χ1v) is 2.85. The smallest absolute Gasteiger partial charge is 0.427 e. The minimum absolute atomic E-state index is 0.217. The predicted octanol–water partition coefficient (Wildman–Crippen LogP) is -0.197. The largest absolute Gasteiger partial charge is 0.477 e. The highest BCUT2D eigenvalue weighted by atomic mass is 16.5. The number of nitrogens with one attached hydrogen (secondary N) is 1. The predicted molar refractivity (Wildman–Crippen MR) is 36.3 cm³/mol. The Morgan fingerprint density at radius 2 is 2.36 bits per heavy atom. The fourth-order valence-electron chi connectivity index (χ4n) is 0.304. The lowest BCUT2D eigenvalue weighted by Gasteiger charge is -1.96. The highest BCUT2D eigenvalue weighted by Gasteiger charge is 1.95. The van der Waals surface area contributed by atoms with E-state index in [4.69, 9.17) is 5.11 Å². The van der Waals surface area contributed by atoms with E-state index in [2.05, 4.69) is 9.84 Å². The lowest BCUT2D eigenvalue weighted by molar-refractivity contribution is -0.128. The maximum absolute atomic E-state index is 10.4. The van der Waals surface area contributed by atoms with E-state index < -0.39 is 12.1 Å². The Hall–Kier alpha value is -1.59. The summed E-state index contributed by atoms with van der Waals surface area (Å²) in [7, 11) is 0. The first-order chi connectivity index (χ1) is 5.16. The van der Waals surface area contributed by atoms with Gasteiger partial charge in [-0.25, -0.2) is 15.0 Å². The van der Waals surface area contributed by atoms with Crippen molar-refractivity contribution in [3.05, 3.63) is 0 Å². The van der Waals surface area contributed by atoms with Crippen LogP contribution in [0.25, 0.3) is 0 Å². The van der Waals surface area contributed by atoms with E-state index in [1.807, 2.05) is 5.43 Å². The first-order valence-electron chi connectivity index (χ1n) is 2.85. The quantitative estimate of drug-likeness (QED) is 0.442. The minimum atomic E-state index is -1.23. The number of rotatable bonds is 3. The topological polar surface area (TPSA) is 88.0 Å². The number of hydrogen-bond acceptors (Lipinski definition) is 4. The number of carboxylic acids is 1. The monoisotopic (exact) mass is 160 g/mol. The lowest BCUT2D eigenvalue weighted by Crippen LogP contribution is -2.19. The fraction of sp³-hybridized carbons (Fsp3) is 0.400. The third-order valence-corrected chi connectivity index (χ3v) is 0.606. The summed E-state index contributed by atoms with van der Waals surface area (Å²) in [5.41, 5.74) is 1.84. The molecule has 1 amide bonds. The van der Waals surface area contributed by atoms with Gasteiger partial charge in [-0.05, 0) is 6.92 Å². The van der Waals surface area contributed by atoms with Crippen LogP contribution in [-0.4, -0.2) is 30.0 Å². The number of ether oxygens (including phenoxy) is 1. The summed E-state index contributed by atoms with van der Waals surface area (Å²) in [6.45, 7) is 1.84. The molecule has 0 aromatic rings. The molecule has 0 spiro atoms. The molecule has 0 aliphatic heterocycles. The number of aliphatic carboxylic acids is 1. The lowest BCUT2D eigenvalue weighted by atomic mass is 10.8. The number of carbonyl (C=O) groups is 2. The summed E-state index contributed by atoms with van der Waals surface area (Å²) in [4.78, 5) is 20.2. The normalized spacial score (nSPS) is 9.55. The molecule has 0 aromatic carbocycles. The number of carboxylic acid groups (broad SMARTS) is 1. The Bertz CT molecular complexity index is 177. The number of amides is 1. The molecule has 0 rings (SSSR count). The zero-order valence-electron chi connectivity index (χ0n) is 5.90. The zero-order valence-corrected chi connectivity index (χ0v) is 5.90. The Morgan fingerprint density at radius 1 is 1.73 bits per heavy atom. The fourth-order valence-corrected chi connectivity index (χ4v) is 0.304. The molecular formula is C5H8N2O4. The SMILES string of the molecule is CCOC(=O)N/N=C\C(=O)O. The van der Waals surface area contributed by atoms with Crippen molar-refractivity contribution in [1.82, 2.24) is 5.43 Å². The number of carbonyl (C=O) groups excluding carboxylic acids is 1. The van der Waals surface area contributed by atoms with E-state index in [-0.39, 0.29) is 6.61 Å². The average molecular weight is 160 g/mol. The number of hydrazone groups is 1. The molecule has 6 nitrogen and oxygen atoms in total. The Morgan fingerprint density at radius 3 is 2.82 bits per heavy atom. The molecule has 0 heterocycles. The van der Waals surface area contributed by atoms with Crippen LogP contribution in [-0.2, 0) is 9.53 Å². The first kappa shape index (κ1) is 9.41. The van der Waals surface area contributed by atoms with Gasteiger partial charge in [0.05, 0.1) is 6.61 Å². The van der Waals surface area contributed by atoms with Crippen LogP contribution in [0.15, 0.2) is 5.10 Å². The van der Waals surface area contributed by atoms with Crippen LogP contribution < -0.4 is 5.43 Å². The van der Waals surface area contributed by atoms with E-state index >= 15 is 0 Å². The van der Waals surface area contributed by atoms with Gasteiger partial charge in [0, 0.05) is 0 Å². The van der Waals surface area contributed by atoms with Crippen molar-refractivity contribution in [2.24, 2.45) is 5.10 Å². The van der Waals surface area contributed by atoms with Gasteiger partial charge in [0.1, 0.15) is 6.21 Å². The van der Waals surface area contributed by atoms with Gasteiger partial charge >= 0.3 is 12.1 Å². The van der Waals surface area contributed by atoms with Crippen molar-refractivity contribution in [3.63, 3.8) is 0 Å². The van der Waals surface area contributed by atoms with Gasteiger partial charge in [-0.3, -0.25) is 0 Å². The van der Waals surface area contributed by atoms with Crippen molar-refractivity contribution in [1.29, 1.82) is 0 Å². The molecule has 0 saturated heterocycles. The van der Waals surface area contributed by atoms with E-state index in [1.54, 1.807) is 6.92 Å². The summed E-state index contributed by atoms with van der Waals surface area (Å²) < 4.78 is 4.37. The second-order valence-electron chi connectivity index (χ2n) is 1.43. The van der Waals surface area contributed by atoms with Crippen molar-refractivity contribution in [2.75, 3.05) is 6.61 Å². The molecular weight excluding hydrogens is 152 g/mol. The van der Waals surface area contributed by atoms with E-state index in [1.165, 1.54) is 0 Å². The molecule has 6 heteroatoms. The van der Waals surface area contributed by atoms with Gasteiger partial charge in [0.25, 0.3) is 0 Å². The number of nitrogens with zero attached hydrogens (tertiary/aromatic N) is 1. The van der Waals surface area contributed by atoms with E-state index in [0.29, 0.717) is 6.21 Å². The van der Waals surface area contributed by atoms with Gasteiger partial charge in [-0.15, -0.1) is 0 Å². The highest BCUT2D eigenvalue weighted by molar-refractivity contribution is 6.22. The third kappa shape index (κ3) is 6.29. The maximum Gasteiger partial charge on any atom is 0.427 e.